The molecule has 3 aromatic rings. The Morgan fingerprint density at radius 2 is 1.90 bits per heavy atom. The Hall–Kier alpha value is -3.28. The lowest BCUT2D eigenvalue weighted by Gasteiger charge is -2.17. The van der Waals surface area contributed by atoms with Gasteiger partial charge in [-0.1, -0.05) is 23.8 Å². The van der Waals surface area contributed by atoms with Crippen LogP contribution in [0.3, 0.4) is 0 Å². The second-order valence-electron chi connectivity index (χ2n) is 7.72. The van der Waals surface area contributed by atoms with E-state index in [2.05, 4.69) is 31.2 Å². The van der Waals surface area contributed by atoms with Gasteiger partial charge in [0, 0.05) is 24.8 Å². The van der Waals surface area contributed by atoms with Gasteiger partial charge in [0.1, 0.15) is 0 Å². The highest BCUT2D eigenvalue weighted by molar-refractivity contribution is 5.94. The van der Waals surface area contributed by atoms with Crippen LogP contribution in [0.25, 0.3) is 5.69 Å². The van der Waals surface area contributed by atoms with Gasteiger partial charge in [0.2, 0.25) is 6.79 Å². The third kappa shape index (κ3) is 3.14. The molecule has 6 nitrogen and oxygen atoms in total. The lowest BCUT2D eigenvalue weighted by molar-refractivity contribution is 0.0777. The molecule has 0 fully saturated rings. The maximum Gasteiger partial charge on any atom is 0.274 e. The van der Waals surface area contributed by atoms with Crippen molar-refractivity contribution in [3.8, 4) is 17.2 Å². The number of aryl methyl sites for hydroxylation is 1. The number of nitrogens with zero attached hydrogens (tertiary/aromatic N) is 3. The molecule has 0 atom stereocenters. The van der Waals surface area contributed by atoms with Gasteiger partial charge in [-0.25, -0.2) is 4.68 Å². The van der Waals surface area contributed by atoms with E-state index in [1.807, 2.05) is 29.9 Å². The van der Waals surface area contributed by atoms with E-state index in [1.54, 1.807) is 4.90 Å². The number of amides is 1. The molecule has 0 unspecified atom stereocenters. The third-order valence-corrected chi connectivity index (χ3v) is 5.61. The fourth-order valence-electron chi connectivity index (χ4n) is 4.07. The molecular formula is C23H23N3O3. The molecular weight excluding hydrogens is 366 g/mol. The molecule has 0 radical (unpaired) electrons. The molecule has 5 rings (SSSR count). The van der Waals surface area contributed by atoms with Crippen LogP contribution in [0, 0.1) is 6.92 Å². The second kappa shape index (κ2) is 6.95. The Kier molecular flexibility index (Phi) is 4.27. The van der Waals surface area contributed by atoms with Crippen LogP contribution in [0.4, 0.5) is 0 Å². The van der Waals surface area contributed by atoms with Gasteiger partial charge in [-0.2, -0.15) is 5.10 Å². The highest BCUT2D eigenvalue weighted by Crippen LogP contribution is 2.33. The molecule has 2 heterocycles. The van der Waals surface area contributed by atoms with Crippen LogP contribution in [0.1, 0.15) is 39.3 Å². The van der Waals surface area contributed by atoms with Gasteiger partial charge in [0.05, 0.1) is 5.69 Å². The van der Waals surface area contributed by atoms with Crippen molar-refractivity contribution in [3.63, 3.8) is 0 Å². The van der Waals surface area contributed by atoms with E-state index in [0.29, 0.717) is 12.2 Å². The first-order valence-corrected chi connectivity index (χ1v) is 9.92. The molecule has 1 amide bonds. The molecule has 0 spiro atoms. The minimum atomic E-state index is -0.0494. The summed E-state index contributed by atoms with van der Waals surface area (Å²) in [4.78, 5) is 15.0. The average molecular weight is 389 g/mol. The standard InChI is InChI=1S/C23H23N3O3/c1-15-6-9-17(10-7-15)26-19-5-3-4-18(19)22(24-26)23(27)25(2)13-16-8-11-20-21(12-16)29-14-28-20/h6-12H,3-5,13-14H2,1-2H3. The van der Waals surface area contributed by atoms with Crippen LogP contribution in [0.5, 0.6) is 11.5 Å². The van der Waals surface area contributed by atoms with E-state index >= 15 is 0 Å². The Morgan fingerprint density at radius 3 is 2.72 bits per heavy atom. The number of aromatic nitrogens is 2. The van der Waals surface area contributed by atoms with Crippen LogP contribution in [0.15, 0.2) is 42.5 Å². The van der Waals surface area contributed by atoms with E-state index in [4.69, 9.17) is 14.6 Å². The van der Waals surface area contributed by atoms with Gasteiger partial charge < -0.3 is 14.4 Å². The zero-order valence-electron chi connectivity index (χ0n) is 16.6. The number of fused-ring (bicyclic) bond motifs is 2. The highest BCUT2D eigenvalue weighted by atomic mass is 16.7. The predicted octanol–water partition coefficient (Wildman–Crippen LogP) is 3.67. The second-order valence-corrected chi connectivity index (χ2v) is 7.72. The first kappa shape index (κ1) is 17.8. The van der Waals surface area contributed by atoms with Crippen molar-refractivity contribution in [1.82, 2.24) is 14.7 Å². The summed E-state index contributed by atoms with van der Waals surface area (Å²) in [5.74, 6) is 1.43. The highest BCUT2D eigenvalue weighted by Gasteiger charge is 2.28. The zero-order valence-corrected chi connectivity index (χ0v) is 16.6. The van der Waals surface area contributed by atoms with E-state index in [-0.39, 0.29) is 12.7 Å². The fraction of sp³-hybridized carbons (Fsp3) is 0.304. The molecule has 1 aromatic heterocycles. The van der Waals surface area contributed by atoms with Gasteiger partial charge >= 0.3 is 0 Å². The molecule has 1 aliphatic heterocycles. The van der Waals surface area contributed by atoms with Crippen molar-refractivity contribution in [2.24, 2.45) is 0 Å². The Balaban J connectivity index is 1.42. The normalized spacial score (nSPS) is 14.1. The molecule has 2 aliphatic rings. The van der Waals surface area contributed by atoms with Crippen LogP contribution in [0.2, 0.25) is 0 Å². The summed E-state index contributed by atoms with van der Waals surface area (Å²) in [6.45, 7) is 2.80. The molecule has 148 valence electrons. The quantitative estimate of drug-likeness (QED) is 0.683. The summed E-state index contributed by atoms with van der Waals surface area (Å²) >= 11 is 0. The van der Waals surface area contributed by atoms with E-state index in [9.17, 15) is 4.79 Å². The first-order valence-electron chi connectivity index (χ1n) is 9.92. The maximum absolute atomic E-state index is 13.2. The monoisotopic (exact) mass is 389 g/mol. The Morgan fingerprint density at radius 1 is 1.10 bits per heavy atom. The summed E-state index contributed by atoms with van der Waals surface area (Å²) in [6, 6.07) is 14.1. The number of carbonyl (C=O) groups excluding carboxylic acids is 1. The van der Waals surface area contributed by atoms with Crippen molar-refractivity contribution in [1.29, 1.82) is 0 Å². The molecule has 2 aromatic carbocycles. The summed E-state index contributed by atoms with van der Waals surface area (Å²) in [5, 5.41) is 4.73. The van der Waals surface area contributed by atoms with Crippen LogP contribution in [-0.4, -0.2) is 34.4 Å². The SMILES string of the molecule is Cc1ccc(-n2nc(C(=O)N(C)Cc3ccc4c(c3)OCO4)c3c2CCC3)cc1. The predicted molar refractivity (Wildman–Crippen MR) is 109 cm³/mol. The van der Waals surface area contributed by atoms with Gasteiger partial charge in [-0.3, -0.25) is 4.79 Å². The Labute approximate surface area is 169 Å². The lowest BCUT2D eigenvalue weighted by Crippen LogP contribution is -2.27. The maximum atomic E-state index is 13.2. The summed E-state index contributed by atoms with van der Waals surface area (Å²) in [6.07, 6.45) is 2.92. The average Bonchev–Trinajstić information content (AvgIpc) is 3.44. The van der Waals surface area contributed by atoms with E-state index < -0.39 is 0 Å². The molecule has 0 bridgehead atoms. The van der Waals surface area contributed by atoms with Crippen LogP contribution in [-0.2, 0) is 19.4 Å². The smallest absolute Gasteiger partial charge is 0.274 e. The molecule has 0 saturated carbocycles. The molecule has 0 saturated heterocycles. The summed E-state index contributed by atoms with van der Waals surface area (Å²) in [7, 11) is 1.82. The lowest BCUT2D eigenvalue weighted by atomic mass is 10.1. The fourth-order valence-corrected chi connectivity index (χ4v) is 4.07. The van der Waals surface area contributed by atoms with Gasteiger partial charge in [-0.15, -0.1) is 0 Å². The van der Waals surface area contributed by atoms with Crippen LogP contribution >= 0.6 is 0 Å². The van der Waals surface area contributed by atoms with E-state index in [0.717, 1.165) is 53.3 Å². The molecule has 29 heavy (non-hydrogen) atoms. The molecule has 1 aliphatic carbocycles. The Bertz CT molecular complexity index is 1090. The minimum Gasteiger partial charge on any atom is -0.454 e. The third-order valence-electron chi connectivity index (χ3n) is 5.61. The van der Waals surface area contributed by atoms with Gasteiger partial charge in [-0.05, 0) is 56.0 Å². The number of hydrogen-bond donors (Lipinski definition) is 0. The number of hydrogen-bond acceptors (Lipinski definition) is 4. The molecule has 6 heteroatoms. The summed E-state index contributed by atoms with van der Waals surface area (Å²) in [5.41, 5.74) is 6.03. The minimum absolute atomic E-state index is 0.0494. The van der Waals surface area contributed by atoms with Crippen molar-refractivity contribution in [3.05, 3.63) is 70.5 Å². The van der Waals surface area contributed by atoms with Crippen molar-refractivity contribution in [2.45, 2.75) is 32.7 Å². The number of carbonyl (C=O) groups is 1. The van der Waals surface area contributed by atoms with E-state index in [1.165, 1.54) is 5.56 Å². The van der Waals surface area contributed by atoms with Gasteiger partial charge in [0.25, 0.3) is 5.91 Å². The number of rotatable bonds is 4. The van der Waals surface area contributed by atoms with Crippen molar-refractivity contribution >= 4 is 5.91 Å². The number of benzene rings is 2. The van der Waals surface area contributed by atoms with Gasteiger partial charge in [0.15, 0.2) is 17.2 Å². The topological polar surface area (TPSA) is 56.6 Å². The number of ether oxygens (including phenoxy) is 2. The van der Waals surface area contributed by atoms with Crippen molar-refractivity contribution < 1.29 is 14.3 Å². The zero-order chi connectivity index (χ0) is 20.0. The first-order chi connectivity index (χ1) is 14.1. The van der Waals surface area contributed by atoms with Crippen molar-refractivity contribution in [2.75, 3.05) is 13.8 Å². The largest absolute Gasteiger partial charge is 0.454 e. The molecule has 0 N–H and O–H groups in total. The van der Waals surface area contributed by atoms with Crippen LogP contribution < -0.4 is 9.47 Å². The summed E-state index contributed by atoms with van der Waals surface area (Å²) < 4.78 is 12.8.